The number of fused-ring (bicyclic) bond motifs is 1. The lowest BCUT2D eigenvalue weighted by Crippen LogP contribution is -2.14. The van der Waals surface area contributed by atoms with Crippen LogP contribution in [0.1, 0.15) is 63.1 Å². The number of hydrogen-bond donors (Lipinski definition) is 0. The molecule has 0 heterocycles. The summed E-state index contributed by atoms with van der Waals surface area (Å²) in [5.41, 5.74) is 3.64. The molecule has 0 bridgehead atoms. The number of rotatable bonds is 0. The molecule has 0 N–H and O–H groups in total. The summed E-state index contributed by atoms with van der Waals surface area (Å²) in [5.74, 6) is 0.397. The van der Waals surface area contributed by atoms with Crippen LogP contribution in [-0.4, -0.2) is 0 Å². The topological polar surface area (TPSA) is 0 Å². The standard InChI is InChI=1S/C12H14F2.C10H15F/c1-7-3-4-10-9(5-7)6-11(13)8(2)12(10)14;1-7-4-5-8(2)10(6-7)9(3)11/h6-7H,3-5H2,1-2H3;7H,2,4-6H2,1,3H3/b;10-9+. The second-order valence-corrected chi connectivity index (χ2v) is 7.75. The highest BCUT2D eigenvalue weighted by Crippen LogP contribution is 2.33. The van der Waals surface area contributed by atoms with Gasteiger partial charge in [-0.05, 0) is 92.5 Å². The third kappa shape index (κ3) is 4.77. The minimum absolute atomic E-state index is 0.0402. The molecule has 1 aromatic carbocycles. The maximum atomic E-state index is 13.6. The summed E-state index contributed by atoms with van der Waals surface area (Å²) in [7, 11) is 0. The molecule has 25 heavy (non-hydrogen) atoms. The average Bonchev–Trinajstić information content (AvgIpc) is 2.55. The van der Waals surface area contributed by atoms with Gasteiger partial charge >= 0.3 is 0 Å². The van der Waals surface area contributed by atoms with Gasteiger partial charge in [-0.1, -0.05) is 20.4 Å². The van der Waals surface area contributed by atoms with Gasteiger partial charge in [0.2, 0.25) is 0 Å². The van der Waals surface area contributed by atoms with E-state index in [1.54, 1.807) is 0 Å². The van der Waals surface area contributed by atoms with Crippen LogP contribution in [-0.2, 0) is 12.8 Å². The number of hydrogen-bond acceptors (Lipinski definition) is 0. The van der Waals surface area contributed by atoms with Gasteiger partial charge in [0.1, 0.15) is 17.5 Å². The smallest absolute Gasteiger partial charge is 0.132 e. The van der Waals surface area contributed by atoms with Gasteiger partial charge in [-0.25, -0.2) is 13.2 Å². The zero-order valence-corrected chi connectivity index (χ0v) is 15.8. The van der Waals surface area contributed by atoms with E-state index < -0.39 is 5.82 Å². The van der Waals surface area contributed by atoms with Crippen molar-refractivity contribution in [1.29, 1.82) is 0 Å². The molecule has 3 rings (SSSR count). The van der Waals surface area contributed by atoms with E-state index in [4.69, 9.17) is 0 Å². The number of allylic oxidation sites excluding steroid dienone is 3. The first kappa shape index (κ1) is 19.8. The van der Waals surface area contributed by atoms with E-state index in [-0.39, 0.29) is 17.2 Å². The SMILES string of the molecule is C=C1CCC(C)C/C1=C(/C)F.Cc1c(F)cc2c(c1F)CCC(C)C2. The van der Waals surface area contributed by atoms with Gasteiger partial charge in [-0.2, -0.15) is 0 Å². The summed E-state index contributed by atoms with van der Waals surface area (Å²) in [6.45, 7) is 11.2. The Morgan fingerprint density at radius 1 is 1.08 bits per heavy atom. The van der Waals surface area contributed by atoms with Gasteiger partial charge in [0.15, 0.2) is 0 Å². The lowest BCUT2D eigenvalue weighted by Gasteiger charge is -2.22. The van der Waals surface area contributed by atoms with Crippen LogP contribution in [0, 0.1) is 30.4 Å². The first-order valence-electron chi connectivity index (χ1n) is 9.20. The van der Waals surface area contributed by atoms with E-state index in [0.717, 1.165) is 60.8 Å². The van der Waals surface area contributed by atoms with Crippen molar-refractivity contribution < 1.29 is 13.2 Å². The van der Waals surface area contributed by atoms with Gasteiger partial charge in [0, 0.05) is 5.56 Å². The third-order valence-electron chi connectivity index (χ3n) is 5.43. The summed E-state index contributed by atoms with van der Waals surface area (Å²) in [6, 6.07) is 1.50. The Labute approximate surface area is 149 Å². The molecule has 1 aromatic rings. The zero-order valence-electron chi connectivity index (χ0n) is 15.8. The number of halogens is 3. The fourth-order valence-electron chi connectivity index (χ4n) is 3.69. The van der Waals surface area contributed by atoms with Crippen molar-refractivity contribution in [3.63, 3.8) is 0 Å². The van der Waals surface area contributed by atoms with Gasteiger partial charge < -0.3 is 0 Å². The molecule has 0 aromatic heterocycles. The van der Waals surface area contributed by atoms with Crippen molar-refractivity contribution in [2.75, 3.05) is 0 Å². The molecular formula is C22H29F3. The van der Waals surface area contributed by atoms with Crippen LogP contribution in [0.2, 0.25) is 0 Å². The molecule has 0 aliphatic heterocycles. The zero-order chi connectivity index (χ0) is 18.7. The molecule has 3 heteroatoms. The Bertz CT molecular complexity index is 681. The molecule has 0 amide bonds. The minimum atomic E-state index is -0.407. The average molecular weight is 350 g/mol. The van der Waals surface area contributed by atoms with E-state index in [2.05, 4.69) is 20.4 Å². The maximum Gasteiger partial charge on any atom is 0.132 e. The molecule has 0 nitrogen and oxygen atoms in total. The normalized spacial score (nSPS) is 25.0. The van der Waals surface area contributed by atoms with Crippen LogP contribution in [0.4, 0.5) is 13.2 Å². The predicted octanol–water partition coefficient (Wildman–Crippen LogP) is 7.00. The lowest BCUT2D eigenvalue weighted by molar-refractivity contribution is 0.471. The van der Waals surface area contributed by atoms with Crippen LogP contribution in [0.5, 0.6) is 0 Å². The molecular weight excluding hydrogens is 321 g/mol. The van der Waals surface area contributed by atoms with Crippen LogP contribution < -0.4 is 0 Å². The first-order valence-corrected chi connectivity index (χ1v) is 9.20. The fourth-order valence-corrected chi connectivity index (χ4v) is 3.69. The van der Waals surface area contributed by atoms with Gasteiger partial charge in [-0.3, -0.25) is 0 Å². The van der Waals surface area contributed by atoms with Gasteiger partial charge in [0.25, 0.3) is 0 Å². The molecule has 2 aliphatic carbocycles. The highest BCUT2D eigenvalue weighted by Gasteiger charge is 2.21. The van der Waals surface area contributed by atoms with E-state index in [9.17, 15) is 13.2 Å². The highest BCUT2D eigenvalue weighted by atomic mass is 19.1. The Balaban J connectivity index is 0.000000186. The van der Waals surface area contributed by atoms with Crippen molar-refractivity contribution in [2.45, 2.75) is 66.2 Å². The van der Waals surface area contributed by atoms with E-state index in [1.165, 1.54) is 19.9 Å². The first-order chi connectivity index (χ1) is 11.7. The molecule has 0 radical (unpaired) electrons. The minimum Gasteiger partial charge on any atom is -0.212 e. The molecule has 2 atom stereocenters. The molecule has 0 saturated heterocycles. The van der Waals surface area contributed by atoms with Crippen LogP contribution >= 0.6 is 0 Å². The van der Waals surface area contributed by atoms with Crippen molar-refractivity contribution in [3.05, 3.63) is 57.9 Å². The molecule has 1 saturated carbocycles. The predicted molar refractivity (Wildman–Crippen MR) is 98.2 cm³/mol. The van der Waals surface area contributed by atoms with Crippen LogP contribution in [0.15, 0.2) is 29.6 Å². The lowest BCUT2D eigenvalue weighted by atomic mass is 9.83. The second kappa shape index (κ2) is 8.25. The fraction of sp³-hybridized carbons (Fsp3) is 0.545. The third-order valence-corrected chi connectivity index (χ3v) is 5.43. The molecule has 1 fully saturated rings. The summed E-state index contributed by atoms with van der Waals surface area (Å²) in [6.07, 6.45) is 5.58. The van der Waals surface area contributed by atoms with Gasteiger partial charge in [0.05, 0.1) is 0 Å². The quantitative estimate of drug-likeness (QED) is 0.472. The van der Waals surface area contributed by atoms with Gasteiger partial charge in [-0.15, -0.1) is 0 Å². The van der Waals surface area contributed by atoms with E-state index in [1.807, 2.05) is 0 Å². The Hall–Kier alpha value is -1.51. The Kier molecular flexibility index (Phi) is 6.53. The number of benzene rings is 1. The van der Waals surface area contributed by atoms with Crippen molar-refractivity contribution in [2.24, 2.45) is 11.8 Å². The summed E-state index contributed by atoms with van der Waals surface area (Å²) in [5, 5.41) is 0. The molecule has 138 valence electrons. The van der Waals surface area contributed by atoms with Crippen LogP contribution in [0.25, 0.3) is 0 Å². The molecule has 2 aliphatic rings. The molecule has 0 spiro atoms. The Morgan fingerprint density at radius 2 is 1.68 bits per heavy atom. The monoisotopic (exact) mass is 350 g/mol. The molecule has 2 unspecified atom stereocenters. The van der Waals surface area contributed by atoms with E-state index >= 15 is 0 Å². The van der Waals surface area contributed by atoms with Crippen molar-refractivity contribution in [3.8, 4) is 0 Å². The summed E-state index contributed by atoms with van der Waals surface area (Å²) < 4.78 is 39.7. The highest BCUT2D eigenvalue weighted by molar-refractivity contribution is 5.36. The van der Waals surface area contributed by atoms with Crippen molar-refractivity contribution >= 4 is 0 Å². The maximum absolute atomic E-state index is 13.6. The summed E-state index contributed by atoms with van der Waals surface area (Å²) >= 11 is 0. The Morgan fingerprint density at radius 3 is 2.28 bits per heavy atom. The van der Waals surface area contributed by atoms with Crippen molar-refractivity contribution in [1.82, 2.24) is 0 Å². The largest absolute Gasteiger partial charge is 0.212 e. The summed E-state index contributed by atoms with van der Waals surface area (Å²) in [4.78, 5) is 0. The second-order valence-electron chi connectivity index (χ2n) is 7.75. The van der Waals surface area contributed by atoms with Crippen LogP contribution in [0.3, 0.4) is 0 Å². The van der Waals surface area contributed by atoms with E-state index in [0.29, 0.717) is 11.8 Å².